The first-order valence-electron chi connectivity index (χ1n) is 8.12. The number of halogens is 1. The molecular formula is C18H18ClN4O3+. The summed E-state index contributed by atoms with van der Waals surface area (Å²) >= 11 is 6.05. The molecule has 2 aromatic carbocycles. The van der Waals surface area contributed by atoms with Gasteiger partial charge >= 0.3 is 0 Å². The summed E-state index contributed by atoms with van der Waals surface area (Å²) in [5.74, 6) is 0.831. The molecule has 1 aromatic heterocycles. The molecule has 134 valence electrons. The zero-order valence-corrected chi connectivity index (χ0v) is 15.1. The van der Waals surface area contributed by atoms with Crippen molar-refractivity contribution in [3.05, 3.63) is 75.1 Å². The Labute approximate surface area is 155 Å². The summed E-state index contributed by atoms with van der Waals surface area (Å²) in [5, 5.41) is 21.7. The summed E-state index contributed by atoms with van der Waals surface area (Å²) in [6.07, 6.45) is 0. The van der Waals surface area contributed by atoms with Crippen molar-refractivity contribution in [1.29, 1.82) is 0 Å². The topological polar surface area (TPSA) is 98.7 Å². The van der Waals surface area contributed by atoms with E-state index in [9.17, 15) is 10.1 Å². The predicted molar refractivity (Wildman–Crippen MR) is 96.6 cm³/mol. The Bertz CT molecular complexity index is 911. The molecular weight excluding hydrogens is 356 g/mol. The normalized spacial score (nSPS) is 13.3. The van der Waals surface area contributed by atoms with Crippen LogP contribution in [0.2, 0.25) is 5.02 Å². The molecule has 0 aliphatic carbocycles. The molecule has 0 spiro atoms. The summed E-state index contributed by atoms with van der Waals surface area (Å²) in [7, 11) is 0. The largest absolute Gasteiger partial charge is 0.415 e. The van der Waals surface area contributed by atoms with Crippen molar-refractivity contribution < 1.29 is 14.7 Å². The quantitative estimate of drug-likeness (QED) is 0.524. The van der Waals surface area contributed by atoms with Gasteiger partial charge in [0.2, 0.25) is 5.89 Å². The van der Waals surface area contributed by atoms with E-state index in [1.807, 2.05) is 31.2 Å². The SMILES string of the molecule is C[C@H]([NH2+][C@H](C)c1nnc(-c2ccc([N+](=O)[O-])cc2)o1)c1cccc(Cl)c1. The lowest BCUT2D eigenvalue weighted by Crippen LogP contribution is -2.85. The van der Waals surface area contributed by atoms with Crippen LogP contribution in [0, 0.1) is 10.1 Å². The second kappa shape index (κ2) is 7.63. The fraction of sp³-hybridized carbons (Fsp3) is 0.222. The van der Waals surface area contributed by atoms with E-state index in [0.717, 1.165) is 5.56 Å². The van der Waals surface area contributed by atoms with Crippen LogP contribution in [0.5, 0.6) is 0 Å². The average Bonchev–Trinajstić information content (AvgIpc) is 3.12. The highest BCUT2D eigenvalue weighted by molar-refractivity contribution is 6.30. The lowest BCUT2D eigenvalue weighted by molar-refractivity contribution is -0.730. The van der Waals surface area contributed by atoms with Gasteiger partial charge < -0.3 is 9.73 Å². The Morgan fingerprint density at radius 3 is 2.50 bits per heavy atom. The molecule has 0 fully saturated rings. The highest BCUT2D eigenvalue weighted by Crippen LogP contribution is 2.23. The van der Waals surface area contributed by atoms with Gasteiger partial charge in [-0.1, -0.05) is 23.7 Å². The molecule has 0 aliphatic rings. The van der Waals surface area contributed by atoms with Crippen LogP contribution in [0.3, 0.4) is 0 Å². The maximum absolute atomic E-state index is 10.7. The molecule has 3 rings (SSSR count). The number of benzene rings is 2. The monoisotopic (exact) mass is 373 g/mol. The summed E-state index contributed by atoms with van der Waals surface area (Å²) in [5.41, 5.74) is 1.77. The smallest absolute Gasteiger partial charge is 0.274 e. The highest BCUT2D eigenvalue weighted by atomic mass is 35.5. The van der Waals surface area contributed by atoms with E-state index < -0.39 is 4.92 Å². The molecule has 2 N–H and O–H groups in total. The Kier molecular flexibility index (Phi) is 5.29. The third kappa shape index (κ3) is 4.07. The van der Waals surface area contributed by atoms with E-state index in [1.165, 1.54) is 12.1 Å². The molecule has 1 heterocycles. The van der Waals surface area contributed by atoms with Crippen LogP contribution in [0.4, 0.5) is 5.69 Å². The Hall–Kier alpha value is -2.77. The molecule has 8 heteroatoms. The molecule has 2 atom stereocenters. The van der Waals surface area contributed by atoms with Crippen molar-refractivity contribution in [2.75, 3.05) is 0 Å². The van der Waals surface area contributed by atoms with Gasteiger partial charge in [-0.15, -0.1) is 10.2 Å². The van der Waals surface area contributed by atoms with Crippen molar-refractivity contribution in [2.24, 2.45) is 0 Å². The van der Waals surface area contributed by atoms with Crippen molar-refractivity contribution in [3.8, 4) is 11.5 Å². The number of nitrogens with two attached hydrogens (primary N) is 1. The first-order chi connectivity index (χ1) is 12.4. The van der Waals surface area contributed by atoms with Gasteiger partial charge in [0.15, 0.2) is 6.04 Å². The summed E-state index contributed by atoms with van der Waals surface area (Å²) in [6.45, 7) is 4.06. The van der Waals surface area contributed by atoms with Crippen LogP contribution >= 0.6 is 11.6 Å². The van der Waals surface area contributed by atoms with Crippen LogP contribution in [-0.2, 0) is 0 Å². The third-order valence-corrected chi connectivity index (χ3v) is 4.34. The van der Waals surface area contributed by atoms with Crippen LogP contribution in [0.15, 0.2) is 52.9 Å². The van der Waals surface area contributed by atoms with E-state index in [-0.39, 0.29) is 17.8 Å². The number of nitrogens with zero attached hydrogens (tertiary/aromatic N) is 3. The standard InChI is InChI=1S/C18H17ClN4O3/c1-11(14-4-3-5-15(19)10-14)20-12(2)17-21-22-18(26-17)13-6-8-16(9-7-13)23(24)25/h3-12,20H,1-2H3/p+1/t11-,12+/m0/s1. The molecule has 0 amide bonds. The molecule has 3 aromatic rings. The Morgan fingerprint density at radius 1 is 1.12 bits per heavy atom. The molecule has 26 heavy (non-hydrogen) atoms. The van der Waals surface area contributed by atoms with Gasteiger partial charge in [0.1, 0.15) is 6.04 Å². The van der Waals surface area contributed by atoms with E-state index in [2.05, 4.69) is 22.4 Å². The molecule has 0 saturated heterocycles. The number of hydrogen-bond acceptors (Lipinski definition) is 5. The molecule has 0 bridgehead atoms. The fourth-order valence-corrected chi connectivity index (χ4v) is 2.88. The van der Waals surface area contributed by atoms with Gasteiger partial charge in [0.25, 0.3) is 11.6 Å². The number of aromatic nitrogens is 2. The molecule has 0 aliphatic heterocycles. The lowest BCUT2D eigenvalue weighted by atomic mass is 10.1. The minimum Gasteiger partial charge on any atom is -0.415 e. The van der Waals surface area contributed by atoms with Gasteiger partial charge in [0, 0.05) is 28.3 Å². The Morgan fingerprint density at radius 2 is 1.85 bits per heavy atom. The van der Waals surface area contributed by atoms with Crippen molar-refractivity contribution >= 4 is 17.3 Å². The first-order valence-corrected chi connectivity index (χ1v) is 8.50. The van der Waals surface area contributed by atoms with Gasteiger partial charge in [-0.2, -0.15) is 0 Å². The number of quaternary nitrogens is 1. The maximum atomic E-state index is 10.7. The van der Waals surface area contributed by atoms with E-state index in [4.69, 9.17) is 16.0 Å². The summed E-state index contributed by atoms with van der Waals surface area (Å²) in [6, 6.07) is 13.9. The minimum absolute atomic E-state index is 0.0190. The molecule has 0 radical (unpaired) electrons. The van der Waals surface area contributed by atoms with Crippen LogP contribution in [0.1, 0.15) is 37.4 Å². The van der Waals surface area contributed by atoms with E-state index in [0.29, 0.717) is 22.4 Å². The second-order valence-corrected chi connectivity index (χ2v) is 6.51. The minimum atomic E-state index is -0.447. The third-order valence-electron chi connectivity index (χ3n) is 4.11. The first kappa shape index (κ1) is 18.0. The lowest BCUT2D eigenvalue weighted by Gasteiger charge is -2.14. The van der Waals surface area contributed by atoms with Gasteiger partial charge in [0.05, 0.1) is 4.92 Å². The van der Waals surface area contributed by atoms with Crippen molar-refractivity contribution in [3.63, 3.8) is 0 Å². The number of non-ortho nitro benzene ring substituents is 1. The molecule has 7 nitrogen and oxygen atoms in total. The highest BCUT2D eigenvalue weighted by Gasteiger charge is 2.21. The zero-order chi connectivity index (χ0) is 18.7. The summed E-state index contributed by atoms with van der Waals surface area (Å²) < 4.78 is 5.74. The molecule has 0 unspecified atom stereocenters. The number of nitro benzene ring substituents is 1. The fourth-order valence-electron chi connectivity index (χ4n) is 2.68. The Balaban J connectivity index is 1.71. The van der Waals surface area contributed by atoms with E-state index >= 15 is 0 Å². The number of hydrogen-bond donors (Lipinski definition) is 1. The maximum Gasteiger partial charge on any atom is 0.274 e. The average molecular weight is 374 g/mol. The summed E-state index contributed by atoms with van der Waals surface area (Å²) in [4.78, 5) is 10.3. The van der Waals surface area contributed by atoms with Gasteiger partial charge in [-0.3, -0.25) is 10.1 Å². The number of rotatable bonds is 6. The molecule has 0 saturated carbocycles. The van der Waals surface area contributed by atoms with Crippen molar-refractivity contribution in [1.82, 2.24) is 10.2 Å². The van der Waals surface area contributed by atoms with Gasteiger partial charge in [-0.05, 0) is 38.1 Å². The predicted octanol–water partition coefficient (Wildman–Crippen LogP) is 3.68. The van der Waals surface area contributed by atoms with Gasteiger partial charge in [-0.25, -0.2) is 0 Å². The van der Waals surface area contributed by atoms with Crippen LogP contribution in [-0.4, -0.2) is 15.1 Å². The second-order valence-electron chi connectivity index (χ2n) is 6.07. The number of nitro groups is 1. The van der Waals surface area contributed by atoms with Crippen LogP contribution < -0.4 is 5.32 Å². The van der Waals surface area contributed by atoms with Crippen LogP contribution in [0.25, 0.3) is 11.5 Å². The zero-order valence-electron chi connectivity index (χ0n) is 14.3. The van der Waals surface area contributed by atoms with E-state index in [1.54, 1.807) is 12.1 Å². The van der Waals surface area contributed by atoms with Crippen molar-refractivity contribution in [2.45, 2.75) is 25.9 Å².